The highest BCUT2D eigenvalue weighted by molar-refractivity contribution is 5.92. The van der Waals surface area contributed by atoms with Crippen molar-refractivity contribution in [1.29, 1.82) is 0 Å². The molecular formula is C14H16N2O3. The van der Waals surface area contributed by atoms with Gasteiger partial charge >= 0.3 is 0 Å². The number of ether oxygens (including phenoxy) is 2. The van der Waals surface area contributed by atoms with Crippen molar-refractivity contribution in [3.63, 3.8) is 0 Å². The lowest BCUT2D eigenvalue weighted by molar-refractivity contribution is -0.115. The van der Waals surface area contributed by atoms with Crippen LogP contribution in [0.4, 0.5) is 5.69 Å². The van der Waals surface area contributed by atoms with Crippen LogP contribution in [0, 0.1) is 0 Å². The van der Waals surface area contributed by atoms with Gasteiger partial charge in [-0.15, -0.1) is 0 Å². The lowest BCUT2D eigenvalue weighted by atomic mass is 10.2. The van der Waals surface area contributed by atoms with Gasteiger partial charge in [0, 0.05) is 24.1 Å². The minimum atomic E-state index is -0.0770. The first-order valence-corrected chi connectivity index (χ1v) is 5.86. The second-order valence-corrected chi connectivity index (χ2v) is 4.01. The van der Waals surface area contributed by atoms with E-state index in [-0.39, 0.29) is 5.91 Å². The van der Waals surface area contributed by atoms with Gasteiger partial charge in [-0.25, -0.2) is 0 Å². The number of nitrogens with one attached hydrogen (secondary N) is 2. The summed E-state index contributed by atoms with van der Waals surface area (Å²) in [6.45, 7) is 0. The predicted octanol–water partition coefficient (Wildman–Crippen LogP) is 2.21. The third kappa shape index (κ3) is 3.28. The molecule has 5 heteroatoms. The summed E-state index contributed by atoms with van der Waals surface area (Å²) < 4.78 is 10.3. The number of anilines is 1. The molecule has 0 saturated heterocycles. The minimum absolute atomic E-state index is 0.0770. The van der Waals surface area contributed by atoms with E-state index in [2.05, 4.69) is 10.3 Å². The summed E-state index contributed by atoms with van der Waals surface area (Å²) in [4.78, 5) is 14.8. The summed E-state index contributed by atoms with van der Waals surface area (Å²) in [6, 6.07) is 7.13. The summed E-state index contributed by atoms with van der Waals surface area (Å²) in [5.74, 6) is 1.14. The van der Waals surface area contributed by atoms with Crippen LogP contribution < -0.4 is 14.8 Å². The van der Waals surface area contributed by atoms with Crippen molar-refractivity contribution in [2.24, 2.45) is 0 Å². The molecule has 0 atom stereocenters. The molecule has 0 saturated carbocycles. The highest BCUT2D eigenvalue weighted by atomic mass is 16.5. The minimum Gasteiger partial charge on any atom is -0.493 e. The van der Waals surface area contributed by atoms with Gasteiger partial charge in [0.15, 0.2) is 11.5 Å². The van der Waals surface area contributed by atoms with Crippen LogP contribution in [-0.4, -0.2) is 25.1 Å². The molecule has 2 aromatic rings. The molecular weight excluding hydrogens is 244 g/mol. The molecule has 1 aromatic carbocycles. The predicted molar refractivity (Wildman–Crippen MR) is 72.7 cm³/mol. The lowest BCUT2D eigenvalue weighted by Crippen LogP contribution is -2.14. The van der Waals surface area contributed by atoms with E-state index >= 15 is 0 Å². The monoisotopic (exact) mass is 260 g/mol. The molecule has 0 aliphatic rings. The zero-order valence-corrected chi connectivity index (χ0v) is 10.9. The van der Waals surface area contributed by atoms with Crippen molar-refractivity contribution >= 4 is 11.6 Å². The maximum atomic E-state index is 11.8. The third-order valence-corrected chi connectivity index (χ3v) is 2.69. The number of benzene rings is 1. The number of hydrogen-bond acceptors (Lipinski definition) is 3. The number of aromatic nitrogens is 1. The summed E-state index contributed by atoms with van der Waals surface area (Å²) >= 11 is 0. The van der Waals surface area contributed by atoms with Crippen LogP contribution in [0.1, 0.15) is 5.56 Å². The van der Waals surface area contributed by atoms with Crippen LogP contribution in [-0.2, 0) is 11.2 Å². The molecule has 2 N–H and O–H groups in total. The maximum Gasteiger partial charge on any atom is 0.228 e. The number of rotatable bonds is 5. The first kappa shape index (κ1) is 13.0. The van der Waals surface area contributed by atoms with E-state index in [1.54, 1.807) is 44.8 Å². The van der Waals surface area contributed by atoms with E-state index in [0.717, 1.165) is 5.56 Å². The van der Waals surface area contributed by atoms with E-state index < -0.39 is 0 Å². The number of amides is 1. The summed E-state index contributed by atoms with van der Waals surface area (Å²) in [5, 5.41) is 2.82. The maximum absolute atomic E-state index is 11.8. The molecule has 1 heterocycles. The second kappa shape index (κ2) is 5.95. The number of hydrogen-bond donors (Lipinski definition) is 2. The van der Waals surface area contributed by atoms with Crippen LogP contribution in [0.2, 0.25) is 0 Å². The van der Waals surface area contributed by atoms with Gasteiger partial charge < -0.3 is 19.8 Å². The zero-order chi connectivity index (χ0) is 13.7. The Labute approximate surface area is 111 Å². The Morgan fingerprint density at radius 1 is 1.21 bits per heavy atom. The zero-order valence-electron chi connectivity index (χ0n) is 10.9. The van der Waals surface area contributed by atoms with Crippen molar-refractivity contribution < 1.29 is 14.3 Å². The van der Waals surface area contributed by atoms with Crippen molar-refractivity contribution in [2.45, 2.75) is 6.42 Å². The Morgan fingerprint density at radius 2 is 2.00 bits per heavy atom. The van der Waals surface area contributed by atoms with Gasteiger partial charge in [-0.1, -0.05) is 0 Å². The fraction of sp³-hybridized carbons (Fsp3) is 0.214. The molecule has 19 heavy (non-hydrogen) atoms. The van der Waals surface area contributed by atoms with Crippen LogP contribution >= 0.6 is 0 Å². The SMILES string of the molecule is COc1ccc(NC(=O)Cc2cc[nH]c2)cc1OC. The van der Waals surface area contributed by atoms with Gasteiger partial charge in [-0.2, -0.15) is 0 Å². The standard InChI is InChI=1S/C14H16N2O3/c1-18-12-4-3-11(8-13(12)19-2)16-14(17)7-10-5-6-15-9-10/h3-6,8-9,15H,7H2,1-2H3,(H,16,17). The number of carbonyl (C=O) groups excluding carboxylic acids is 1. The van der Waals surface area contributed by atoms with Gasteiger partial charge in [-0.3, -0.25) is 4.79 Å². The molecule has 100 valence electrons. The summed E-state index contributed by atoms with van der Waals surface area (Å²) in [7, 11) is 3.13. The summed E-state index contributed by atoms with van der Waals surface area (Å²) in [5.41, 5.74) is 1.62. The van der Waals surface area contributed by atoms with E-state index in [1.807, 2.05) is 6.07 Å². The first-order valence-electron chi connectivity index (χ1n) is 5.86. The second-order valence-electron chi connectivity index (χ2n) is 4.01. The molecule has 0 radical (unpaired) electrons. The largest absolute Gasteiger partial charge is 0.493 e. The first-order chi connectivity index (χ1) is 9.22. The van der Waals surface area contributed by atoms with Crippen LogP contribution in [0.15, 0.2) is 36.7 Å². The topological polar surface area (TPSA) is 63.3 Å². The third-order valence-electron chi connectivity index (χ3n) is 2.69. The molecule has 0 bridgehead atoms. The summed E-state index contributed by atoms with van der Waals surface area (Å²) in [6.07, 6.45) is 3.92. The Balaban J connectivity index is 2.04. The van der Waals surface area contributed by atoms with Crippen LogP contribution in [0.5, 0.6) is 11.5 Å². The van der Waals surface area contributed by atoms with Crippen LogP contribution in [0.25, 0.3) is 0 Å². The fourth-order valence-corrected chi connectivity index (χ4v) is 1.77. The smallest absolute Gasteiger partial charge is 0.228 e. The molecule has 5 nitrogen and oxygen atoms in total. The quantitative estimate of drug-likeness (QED) is 0.866. The number of H-pyrrole nitrogens is 1. The molecule has 0 unspecified atom stereocenters. The molecule has 1 amide bonds. The number of methoxy groups -OCH3 is 2. The Morgan fingerprint density at radius 3 is 2.63 bits per heavy atom. The number of carbonyl (C=O) groups is 1. The molecule has 0 aliphatic carbocycles. The van der Waals surface area contributed by atoms with Gasteiger partial charge in [0.05, 0.1) is 20.6 Å². The van der Waals surface area contributed by atoms with Gasteiger partial charge in [0.2, 0.25) is 5.91 Å². The Bertz CT molecular complexity index is 550. The Kier molecular flexibility index (Phi) is 4.07. The molecule has 0 aliphatic heterocycles. The normalized spacial score (nSPS) is 10.0. The average molecular weight is 260 g/mol. The van der Waals surface area contributed by atoms with Crippen molar-refractivity contribution in [3.8, 4) is 11.5 Å². The van der Waals surface area contributed by atoms with Gasteiger partial charge in [-0.05, 0) is 23.8 Å². The van der Waals surface area contributed by atoms with Crippen molar-refractivity contribution in [1.82, 2.24) is 4.98 Å². The lowest BCUT2D eigenvalue weighted by Gasteiger charge is -2.10. The highest BCUT2D eigenvalue weighted by Crippen LogP contribution is 2.29. The Hall–Kier alpha value is -2.43. The molecule has 0 spiro atoms. The van der Waals surface area contributed by atoms with Crippen molar-refractivity contribution in [3.05, 3.63) is 42.2 Å². The van der Waals surface area contributed by atoms with E-state index in [1.165, 1.54) is 0 Å². The highest BCUT2D eigenvalue weighted by Gasteiger charge is 2.08. The van der Waals surface area contributed by atoms with Crippen LogP contribution in [0.3, 0.4) is 0 Å². The van der Waals surface area contributed by atoms with Crippen molar-refractivity contribution in [2.75, 3.05) is 19.5 Å². The average Bonchev–Trinajstić information content (AvgIpc) is 2.91. The van der Waals surface area contributed by atoms with E-state index in [4.69, 9.17) is 9.47 Å². The fourth-order valence-electron chi connectivity index (χ4n) is 1.77. The molecule has 1 aromatic heterocycles. The molecule has 2 rings (SSSR count). The van der Waals surface area contributed by atoms with Gasteiger partial charge in [0.1, 0.15) is 0 Å². The molecule has 0 fully saturated rings. The number of aromatic amines is 1. The van der Waals surface area contributed by atoms with Gasteiger partial charge in [0.25, 0.3) is 0 Å². The van der Waals surface area contributed by atoms with E-state index in [0.29, 0.717) is 23.6 Å². The van der Waals surface area contributed by atoms with E-state index in [9.17, 15) is 4.79 Å².